The van der Waals surface area contributed by atoms with Gasteiger partial charge in [0.2, 0.25) is 5.91 Å². The molecule has 3 nitrogen and oxygen atoms in total. The van der Waals surface area contributed by atoms with Gasteiger partial charge in [-0.1, -0.05) is 36.0 Å². The highest BCUT2D eigenvalue weighted by Crippen LogP contribution is 2.38. The van der Waals surface area contributed by atoms with Crippen molar-refractivity contribution in [2.45, 2.75) is 26.2 Å². The van der Waals surface area contributed by atoms with Crippen LogP contribution in [0, 0.1) is 18.7 Å². The van der Waals surface area contributed by atoms with E-state index in [4.69, 9.17) is 0 Å². The van der Waals surface area contributed by atoms with E-state index in [9.17, 15) is 9.18 Å². The Morgan fingerprint density at radius 2 is 2.04 bits per heavy atom. The molecule has 0 aliphatic heterocycles. The molecule has 1 fully saturated rings. The molecule has 0 radical (unpaired) electrons. The Bertz CT molecular complexity index is 884. The zero-order valence-corrected chi connectivity index (χ0v) is 14.1. The zero-order valence-electron chi connectivity index (χ0n) is 13.3. The number of hydrogen-bond acceptors (Lipinski definition) is 3. The number of thiazole rings is 1. The smallest absolute Gasteiger partial charge is 0.236 e. The summed E-state index contributed by atoms with van der Waals surface area (Å²) < 4.78 is 15.1. The van der Waals surface area contributed by atoms with Crippen LogP contribution in [-0.4, -0.2) is 10.9 Å². The molecule has 4 rings (SSSR count). The van der Waals surface area contributed by atoms with E-state index in [2.05, 4.69) is 4.98 Å². The van der Waals surface area contributed by atoms with Crippen LogP contribution in [0.3, 0.4) is 0 Å². The Hall–Kier alpha value is -2.27. The Balaban J connectivity index is 1.82. The Morgan fingerprint density at radius 1 is 1.25 bits per heavy atom. The van der Waals surface area contributed by atoms with Crippen molar-refractivity contribution >= 4 is 38.3 Å². The zero-order chi connectivity index (χ0) is 16.7. The van der Waals surface area contributed by atoms with Gasteiger partial charge in [-0.05, 0) is 49.6 Å². The molecule has 0 saturated heterocycles. The Labute approximate surface area is 143 Å². The molecule has 1 aromatic heterocycles. The van der Waals surface area contributed by atoms with E-state index in [0.29, 0.717) is 16.4 Å². The fourth-order valence-electron chi connectivity index (χ4n) is 2.85. The molecule has 0 spiro atoms. The van der Waals surface area contributed by atoms with Crippen LogP contribution in [0.1, 0.15) is 24.8 Å². The second kappa shape index (κ2) is 5.98. The first kappa shape index (κ1) is 15.3. The Kier molecular flexibility index (Phi) is 3.81. The van der Waals surface area contributed by atoms with Gasteiger partial charge in [0.05, 0.1) is 15.9 Å². The van der Waals surface area contributed by atoms with E-state index < -0.39 is 0 Å². The van der Waals surface area contributed by atoms with Gasteiger partial charge in [0.1, 0.15) is 5.82 Å². The van der Waals surface area contributed by atoms with Crippen molar-refractivity contribution in [2.75, 3.05) is 4.90 Å². The highest BCUT2D eigenvalue weighted by atomic mass is 32.1. The van der Waals surface area contributed by atoms with Crippen LogP contribution >= 0.6 is 11.3 Å². The maximum Gasteiger partial charge on any atom is 0.236 e. The van der Waals surface area contributed by atoms with E-state index >= 15 is 0 Å². The van der Waals surface area contributed by atoms with Gasteiger partial charge in [0, 0.05) is 5.92 Å². The van der Waals surface area contributed by atoms with Gasteiger partial charge in [0.25, 0.3) is 0 Å². The van der Waals surface area contributed by atoms with Gasteiger partial charge in [-0.25, -0.2) is 9.37 Å². The SMILES string of the molecule is Cc1ccc(N(C(=O)C2CCC2)c2nc3ccccc3s2)cc1F. The number of nitrogens with zero attached hydrogens (tertiary/aromatic N) is 2. The molecule has 2 aromatic carbocycles. The third kappa shape index (κ3) is 2.59. The van der Waals surface area contributed by atoms with Crippen molar-refractivity contribution in [3.63, 3.8) is 0 Å². The summed E-state index contributed by atoms with van der Waals surface area (Å²) in [6, 6.07) is 12.7. The molecule has 1 saturated carbocycles. The lowest BCUT2D eigenvalue weighted by Crippen LogP contribution is -2.35. The van der Waals surface area contributed by atoms with Crippen LogP contribution in [0.25, 0.3) is 10.2 Å². The molecular weight excluding hydrogens is 323 g/mol. The summed E-state index contributed by atoms with van der Waals surface area (Å²) in [5, 5.41) is 0.608. The lowest BCUT2D eigenvalue weighted by molar-refractivity contribution is -0.123. The predicted molar refractivity (Wildman–Crippen MR) is 95.2 cm³/mol. The van der Waals surface area contributed by atoms with Crippen LogP contribution in [0.15, 0.2) is 42.5 Å². The van der Waals surface area contributed by atoms with Crippen LogP contribution in [-0.2, 0) is 4.79 Å². The number of carbonyl (C=O) groups is 1. The molecule has 3 aromatic rings. The number of carbonyl (C=O) groups excluding carboxylic acids is 1. The number of hydrogen-bond donors (Lipinski definition) is 0. The van der Waals surface area contributed by atoms with Crippen LogP contribution < -0.4 is 4.90 Å². The van der Waals surface area contributed by atoms with E-state index in [1.807, 2.05) is 24.3 Å². The maximum atomic E-state index is 14.1. The van der Waals surface area contributed by atoms with Crippen LogP contribution in [0.4, 0.5) is 15.2 Å². The van der Waals surface area contributed by atoms with Crippen molar-refractivity contribution in [3.8, 4) is 0 Å². The Morgan fingerprint density at radius 3 is 2.71 bits per heavy atom. The summed E-state index contributed by atoms with van der Waals surface area (Å²) >= 11 is 1.46. The lowest BCUT2D eigenvalue weighted by atomic mass is 9.84. The third-order valence-electron chi connectivity index (χ3n) is 4.56. The molecule has 0 N–H and O–H groups in total. The molecule has 5 heteroatoms. The lowest BCUT2D eigenvalue weighted by Gasteiger charge is -2.30. The maximum absolute atomic E-state index is 14.1. The average Bonchev–Trinajstić information content (AvgIpc) is 2.92. The number of rotatable bonds is 3. The number of benzene rings is 2. The largest absolute Gasteiger partial charge is 0.274 e. The highest BCUT2D eigenvalue weighted by Gasteiger charge is 2.32. The first-order valence-corrected chi connectivity index (χ1v) is 8.91. The van der Waals surface area contributed by atoms with E-state index in [1.54, 1.807) is 24.0 Å². The van der Waals surface area contributed by atoms with Crippen molar-refractivity contribution in [2.24, 2.45) is 5.92 Å². The van der Waals surface area contributed by atoms with E-state index in [0.717, 1.165) is 29.5 Å². The second-order valence-electron chi connectivity index (χ2n) is 6.20. The summed E-state index contributed by atoms with van der Waals surface area (Å²) in [6.45, 7) is 1.72. The summed E-state index contributed by atoms with van der Waals surface area (Å²) in [4.78, 5) is 19.2. The van der Waals surface area contributed by atoms with Crippen molar-refractivity contribution < 1.29 is 9.18 Å². The minimum absolute atomic E-state index is 0.0152. The molecule has 1 aliphatic rings. The van der Waals surface area contributed by atoms with Crippen molar-refractivity contribution in [3.05, 3.63) is 53.8 Å². The van der Waals surface area contributed by atoms with Gasteiger partial charge in [-0.15, -0.1) is 0 Å². The summed E-state index contributed by atoms with van der Waals surface area (Å²) in [5.41, 5.74) is 1.98. The van der Waals surface area contributed by atoms with E-state index in [-0.39, 0.29) is 17.6 Å². The van der Waals surface area contributed by atoms with Gasteiger partial charge in [-0.3, -0.25) is 9.69 Å². The number of aromatic nitrogens is 1. The van der Waals surface area contributed by atoms with Gasteiger partial charge >= 0.3 is 0 Å². The third-order valence-corrected chi connectivity index (χ3v) is 5.58. The summed E-state index contributed by atoms with van der Waals surface area (Å²) in [5.74, 6) is -0.273. The minimum Gasteiger partial charge on any atom is -0.274 e. The topological polar surface area (TPSA) is 33.2 Å². The average molecular weight is 340 g/mol. The highest BCUT2D eigenvalue weighted by molar-refractivity contribution is 7.22. The first-order chi connectivity index (χ1) is 11.6. The number of amides is 1. The van der Waals surface area contributed by atoms with Crippen LogP contribution in [0.2, 0.25) is 0 Å². The molecule has 1 heterocycles. The molecule has 1 aliphatic carbocycles. The molecule has 0 unspecified atom stereocenters. The molecule has 122 valence electrons. The number of aryl methyl sites for hydroxylation is 1. The van der Waals surface area contributed by atoms with E-state index in [1.165, 1.54) is 17.4 Å². The minimum atomic E-state index is -0.306. The fourth-order valence-corrected chi connectivity index (χ4v) is 3.84. The molecule has 24 heavy (non-hydrogen) atoms. The van der Waals surface area contributed by atoms with Gasteiger partial charge in [0.15, 0.2) is 5.13 Å². The van der Waals surface area contributed by atoms with Gasteiger partial charge in [-0.2, -0.15) is 0 Å². The molecule has 1 amide bonds. The fraction of sp³-hybridized carbons (Fsp3) is 0.263. The normalized spacial score (nSPS) is 14.6. The second-order valence-corrected chi connectivity index (χ2v) is 7.21. The van der Waals surface area contributed by atoms with Gasteiger partial charge < -0.3 is 0 Å². The molecular formula is C19H17FN2OS. The van der Waals surface area contributed by atoms with Crippen LogP contribution in [0.5, 0.6) is 0 Å². The van der Waals surface area contributed by atoms with Crippen molar-refractivity contribution in [1.29, 1.82) is 0 Å². The summed E-state index contributed by atoms with van der Waals surface area (Å²) in [7, 11) is 0. The standard InChI is InChI=1S/C19H17FN2OS/c1-12-9-10-14(11-15(12)20)22(18(23)13-5-4-6-13)19-21-16-7-2-3-8-17(16)24-19/h2-3,7-11,13H,4-6H2,1H3. The molecule has 0 bridgehead atoms. The monoisotopic (exact) mass is 340 g/mol. The van der Waals surface area contributed by atoms with Crippen molar-refractivity contribution in [1.82, 2.24) is 4.98 Å². The molecule has 0 atom stereocenters. The number of halogens is 1. The quantitative estimate of drug-likeness (QED) is 0.656. The summed E-state index contributed by atoms with van der Waals surface area (Å²) in [6.07, 6.45) is 2.87. The first-order valence-electron chi connectivity index (χ1n) is 8.09. The number of para-hydroxylation sites is 1. The number of anilines is 2. The number of fused-ring (bicyclic) bond motifs is 1. The predicted octanol–water partition coefficient (Wildman–Crippen LogP) is 5.21.